The van der Waals surface area contributed by atoms with E-state index in [1.165, 1.54) is 0 Å². The van der Waals surface area contributed by atoms with E-state index in [4.69, 9.17) is 19.2 Å². The minimum Gasteiger partial charge on any atom is -0.496 e. The minimum atomic E-state index is -0.224. The van der Waals surface area contributed by atoms with E-state index in [1.807, 2.05) is 24.3 Å². The summed E-state index contributed by atoms with van der Waals surface area (Å²) in [5.41, 5.74) is 5.43. The number of amides is 1. The molecule has 10 nitrogen and oxygen atoms in total. The first-order valence-corrected chi connectivity index (χ1v) is 14.1. The number of likely N-dealkylation sites (tertiary alicyclic amines) is 1. The van der Waals surface area contributed by atoms with E-state index in [2.05, 4.69) is 28.4 Å². The summed E-state index contributed by atoms with van der Waals surface area (Å²) in [7, 11) is 3.68. The summed E-state index contributed by atoms with van der Waals surface area (Å²) in [5.74, 6) is 1.12. The Labute approximate surface area is 240 Å². The number of anilines is 1. The van der Waals surface area contributed by atoms with Crippen LogP contribution in [0, 0.1) is 11.3 Å². The summed E-state index contributed by atoms with van der Waals surface area (Å²) in [6.45, 7) is 2.86. The van der Waals surface area contributed by atoms with Crippen LogP contribution < -0.4 is 14.9 Å². The number of methoxy groups -OCH3 is 1. The van der Waals surface area contributed by atoms with E-state index in [0.29, 0.717) is 54.1 Å². The minimum absolute atomic E-state index is 0.0346. The average molecular weight is 557 g/mol. The fraction of sp³-hybridized carbons (Fsp3) is 0.419. The average Bonchev–Trinajstić information content (AvgIpc) is 3.44. The lowest BCUT2D eigenvalue weighted by Crippen LogP contribution is -2.40. The van der Waals surface area contributed by atoms with Crippen LogP contribution in [0.2, 0.25) is 0 Å². The van der Waals surface area contributed by atoms with Gasteiger partial charge in [0, 0.05) is 37.2 Å². The van der Waals surface area contributed by atoms with Gasteiger partial charge in [-0.3, -0.25) is 10.2 Å². The number of hydrogen-bond donors (Lipinski definition) is 1. The zero-order valence-electron chi connectivity index (χ0n) is 23.6. The maximum Gasteiger partial charge on any atom is 0.276 e. The Balaban J connectivity index is 1.36. The lowest BCUT2D eigenvalue weighted by Gasteiger charge is -2.27. The van der Waals surface area contributed by atoms with E-state index in [0.717, 1.165) is 44.2 Å². The van der Waals surface area contributed by atoms with E-state index >= 15 is 0 Å². The van der Waals surface area contributed by atoms with Gasteiger partial charge in [-0.05, 0) is 69.3 Å². The summed E-state index contributed by atoms with van der Waals surface area (Å²) in [5, 5.41) is 11.4. The lowest BCUT2D eigenvalue weighted by molar-refractivity contribution is 0.0254. The Kier molecular flexibility index (Phi) is 9.29. The van der Waals surface area contributed by atoms with Crippen molar-refractivity contribution < 1.29 is 19.0 Å². The van der Waals surface area contributed by atoms with Crippen LogP contribution in [0.5, 0.6) is 11.5 Å². The van der Waals surface area contributed by atoms with E-state index < -0.39 is 0 Å². The standard InChI is InChI=1S/C31H36N6O4/c1-36-16-5-6-24(36)12-17-37(30(38)26-7-3-4-8-29(26)39-2)35-31-33-15-11-27(34-31)22-9-10-28(23(20-22)21-32)41-25-13-18-40-19-14-25/h3-4,7-11,15,20,24-25H,5-6,12-14,16-19H2,1-2H3,(H,33,34,35). The Bertz CT molecular complexity index is 1390. The van der Waals surface area contributed by atoms with Crippen molar-refractivity contribution in [1.82, 2.24) is 19.9 Å². The van der Waals surface area contributed by atoms with Crippen molar-refractivity contribution in [2.45, 2.75) is 44.2 Å². The molecule has 0 spiro atoms. The van der Waals surface area contributed by atoms with Gasteiger partial charge in [-0.15, -0.1) is 0 Å². The Hall–Kier alpha value is -4.20. The molecule has 1 aromatic heterocycles. The number of ether oxygens (including phenoxy) is 3. The van der Waals surface area contributed by atoms with Gasteiger partial charge in [0.05, 0.1) is 37.1 Å². The molecule has 2 saturated heterocycles. The normalized spacial score (nSPS) is 17.5. The molecule has 0 radical (unpaired) electrons. The van der Waals surface area contributed by atoms with Crippen molar-refractivity contribution in [3.8, 4) is 28.8 Å². The summed E-state index contributed by atoms with van der Waals surface area (Å²) >= 11 is 0. The van der Waals surface area contributed by atoms with Crippen molar-refractivity contribution in [2.24, 2.45) is 0 Å². The molecule has 3 heterocycles. The molecule has 10 heteroatoms. The highest BCUT2D eigenvalue weighted by Crippen LogP contribution is 2.28. The third-order valence-electron chi connectivity index (χ3n) is 7.69. The molecule has 0 aliphatic carbocycles. The number of hydrazine groups is 1. The van der Waals surface area contributed by atoms with E-state index in [9.17, 15) is 10.1 Å². The highest BCUT2D eigenvalue weighted by Gasteiger charge is 2.25. The molecule has 1 atom stereocenters. The van der Waals surface area contributed by atoms with Gasteiger partial charge in [-0.1, -0.05) is 12.1 Å². The molecule has 3 aromatic rings. The second-order valence-corrected chi connectivity index (χ2v) is 10.4. The van der Waals surface area contributed by atoms with Gasteiger partial charge in [0.25, 0.3) is 5.91 Å². The zero-order chi connectivity index (χ0) is 28.6. The molecule has 1 amide bonds. The predicted molar refractivity (Wildman–Crippen MR) is 155 cm³/mol. The first-order chi connectivity index (χ1) is 20.1. The topological polar surface area (TPSA) is 113 Å². The second kappa shape index (κ2) is 13.4. The number of para-hydroxylation sites is 1. The molecule has 0 bridgehead atoms. The summed E-state index contributed by atoms with van der Waals surface area (Å²) in [6, 6.07) is 17.1. The van der Waals surface area contributed by atoms with Crippen LogP contribution in [0.1, 0.15) is 48.0 Å². The van der Waals surface area contributed by atoms with Crippen LogP contribution in [0.4, 0.5) is 5.95 Å². The third-order valence-corrected chi connectivity index (χ3v) is 7.69. The number of rotatable bonds is 10. The maximum atomic E-state index is 13.7. The molecule has 2 aromatic carbocycles. The molecule has 2 aliphatic heterocycles. The summed E-state index contributed by atoms with van der Waals surface area (Å²) < 4.78 is 17.0. The Morgan fingerprint density at radius 2 is 2.00 bits per heavy atom. The first kappa shape index (κ1) is 28.3. The van der Waals surface area contributed by atoms with Gasteiger partial charge in [-0.25, -0.2) is 15.0 Å². The van der Waals surface area contributed by atoms with Gasteiger partial charge in [-0.2, -0.15) is 5.26 Å². The van der Waals surface area contributed by atoms with Crippen LogP contribution in [-0.2, 0) is 4.74 Å². The van der Waals surface area contributed by atoms with Gasteiger partial charge in [0.15, 0.2) is 0 Å². The molecule has 214 valence electrons. The zero-order valence-corrected chi connectivity index (χ0v) is 23.6. The predicted octanol–water partition coefficient (Wildman–Crippen LogP) is 4.54. The van der Waals surface area contributed by atoms with Crippen molar-refractivity contribution in [3.05, 3.63) is 65.9 Å². The molecule has 1 unspecified atom stereocenters. The van der Waals surface area contributed by atoms with Crippen LogP contribution in [0.15, 0.2) is 54.7 Å². The van der Waals surface area contributed by atoms with Crippen molar-refractivity contribution in [2.75, 3.05) is 45.9 Å². The van der Waals surface area contributed by atoms with Crippen LogP contribution in [0.25, 0.3) is 11.3 Å². The fourth-order valence-corrected chi connectivity index (χ4v) is 5.34. The number of carbonyl (C=O) groups is 1. The molecule has 0 saturated carbocycles. The van der Waals surface area contributed by atoms with Crippen molar-refractivity contribution in [1.29, 1.82) is 5.26 Å². The number of benzene rings is 2. The number of nitrogens with zero attached hydrogens (tertiary/aromatic N) is 5. The Morgan fingerprint density at radius 3 is 2.76 bits per heavy atom. The van der Waals surface area contributed by atoms with Gasteiger partial charge in [0.1, 0.15) is 23.7 Å². The third kappa shape index (κ3) is 6.93. The fourth-order valence-electron chi connectivity index (χ4n) is 5.34. The number of aromatic nitrogens is 2. The van der Waals surface area contributed by atoms with Crippen LogP contribution in [0.3, 0.4) is 0 Å². The lowest BCUT2D eigenvalue weighted by atomic mass is 10.1. The number of carbonyl (C=O) groups excluding carboxylic acids is 1. The summed E-state index contributed by atoms with van der Waals surface area (Å²) in [4.78, 5) is 25.1. The monoisotopic (exact) mass is 556 g/mol. The molecule has 41 heavy (non-hydrogen) atoms. The van der Waals surface area contributed by atoms with Gasteiger partial charge >= 0.3 is 0 Å². The highest BCUT2D eigenvalue weighted by atomic mass is 16.5. The first-order valence-electron chi connectivity index (χ1n) is 14.1. The summed E-state index contributed by atoms with van der Waals surface area (Å²) in [6.07, 6.45) is 6.35. The highest BCUT2D eigenvalue weighted by molar-refractivity contribution is 5.97. The number of hydrogen-bond acceptors (Lipinski definition) is 9. The molecule has 2 fully saturated rings. The molecule has 5 rings (SSSR count). The quantitative estimate of drug-likeness (QED) is 0.360. The number of nitrogens with one attached hydrogen (secondary N) is 1. The molecular weight excluding hydrogens is 520 g/mol. The second-order valence-electron chi connectivity index (χ2n) is 10.4. The van der Waals surface area contributed by atoms with Crippen molar-refractivity contribution >= 4 is 11.9 Å². The molecular formula is C31H36N6O4. The molecule has 1 N–H and O–H groups in total. The smallest absolute Gasteiger partial charge is 0.276 e. The van der Waals surface area contributed by atoms with Crippen LogP contribution in [-0.4, -0.2) is 78.4 Å². The van der Waals surface area contributed by atoms with Crippen LogP contribution >= 0.6 is 0 Å². The van der Waals surface area contributed by atoms with Gasteiger partial charge < -0.3 is 19.1 Å². The maximum absolute atomic E-state index is 13.7. The molecule has 2 aliphatic rings. The van der Waals surface area contributed by atoms with E-state index in [1.54, 1.807) is 42.6 Å². The van der Waals surface area contributed by atoms with E-state index in [-0.39, 0.29) is 18.0 Å². The SMILES string of the molecule is COc1ccccc1C(=O)N(CCC1CCCN1C)Nc1nccc(-c2ccc(OC3CCOCC3)c(C#N)c2)n1. The largest absolute Gasteiger partial charge is 0.496 e. The number of nitriles is 1. The van der Waals surface area contributed by atoms with Crippen molar-refractivity contribution in [3.63, 3.8) is 0 Å². The van der Waals surface area contributed by atoms with Gasteiger partial charge in [0.2, 0.25) is 5.95 Å². The Morgan fingerprint density at radius 1 is 1.17 bits per heavy atom.